The Morgan fingerprint density at radius 2 is 2.18 bits per heavy atom. The molecule has 0 amide bonds. The molecule has 2 rings (SSSR count). The molecule has 0 aliphatic heterocycles. The Kier molecular flexibility index (Phi) is 2.43. The molecule has 7 nitrogen and oxygen atoms in total. The van der Waals surface area contributed by atoms with Crippen LogP contribution in [0.3, 0.4) is 0 Å². The van der Waals surface area contributed by atoms with Crippen molar-refractivity contribution in [1.82, 2.24) is 0 Å². The molecule has 0 fully saturated rings. The van der Waals surface area contributed by atoms with E-state index in [9.17, 15) is 20.0 Å². The van der Waals surface area contributed by atoms with Crippen LogP contribution >= 0.6 is 0 Å². The van der Waals surface area contributed by atoms with Gasteiger partial charge in [-0.05, 0) is 6.07 Å². The summed E-state index contributed by atoms with van der Waals surface area (Å²) in [6.07, 6.45) is 0. The monoisotopic (exact) mass is 237 g/mol. The number of carbonyl (C=O) groups is 1. The Hall–Kier alpha value is -2.57. The van der Waals surface area contributed by atoms with Crippen LogP contribution in [0.4, 0.5) is 5.69 Å². The van der Waals surface area contributed by atoms with Crippen molar-refractivity contribution in [3.63, 3.8) is 0 Å². The molecule has 0 atom stereocenters. The molecule has 0 aliphatic carbocycles. The number of methoxy groups -OCH3 is 1. The van der Waals surface area contributed by atoms with E-state index in [1.165, 1.54) is 19.2 Å². The number of non-ortho nitro benzene ring substituents is 1. The molecule has 0 aliphatic rings. The summed E-state index contributed by atoms with van der Waals surface area (Å²) in [5.74, 6) is -1.24. The molecule has 0 radical (unpaired) electrons. The average Bonchev–Trinajstić information content (AvgIpc) is 2.72. The standard InChI is InChI=1S/C10H7NO6/c1-16-10(13)8-3-5-2-6(11(14)15)4-7(12)9(5)17-8/h2-4,12H,1H3. The van der Waals surface area contributed by atoms with Gasteiger partial charge < -0.3 is 14.3 Å². The number of rotatable bonds is 2. The summed E-state index contributed by atoms with van der Waals surface area (Å²) >= 11 is 0. The van der Waals surface area contributed by atoms with Crippen molar-refractivity contribution in [3.05, 3.63) is 34.1 Å². The van der Waals surface area contributed by atoms with Gasteiger partial charge in [-0.2, -0.15) is 0 Å². The zero-order valence-electron chi connectivity index (χ0n) is 8.67. The predicted molar refractivity (Wildman–Crippen MR) is 55.9 cm³/mol. The van der Waals surface area contributed by atoms with Gasteiger partial charge in [-0.3, -0.25) is 10.1 Å². The average molecular weight is 237 g/mol. The number of aromatic hydroxyl groups is 1. The molecular weight excluding hydrogens is 230 g/mol. The lowest BCUT2D eigenvalue weighted by Gasteiger charge is -1.94. The summed E-state index contributed by atoms with van der Waals surface area (Å²) in [6.45, 7) is 0. The van der Waals surface area contributed by atoms with Gasteiger partial charge in [0.15, 0.2) is 11.3 Å². The van der Waals surface area contributed by atoms with E-state index >= 15 is 0 Å². The lowest BCUT2D eigenvalue weighted by Crippen LogP contribution is -1.97. The van der Waals surface area contributed by atoms with Crippen molar-refractivity contribution in [3.8, 4) is 5.75 Å². The molecule has 0 bridgehead atoms. The number of furan rings is 1. The molecule has 17 heavy (non-hydrogen) atoms. The van der Waals surface area contributed by atoms with Crippen molar-refractivity contribution in [2.45, 2.75) is 0 Å². The number of fused-ring (bicyclic) bond motifs is 1. The fourth-order valence-electron chi connectivity index (χ4n) is 1.43. The van der Waals surface area contributed by atoms with Crippen LogP contribution in [0.1, 0.15) is 10.6 Å². The maximum atomic E-state index is 11.2. The third-order valence-corrected chi connectivity index (χ3v) is 2.18. The Morgan fingerprint density at radius 3 is 2.76 bits per heavy atom. The zero-order chi connectivity index (χ0) is 12.6. The fraction of sp³-hybridized carbons (Fsp3) is 0.100. The van der Waals surface area contributed by atoms with E-state index < -0.39 is 16.6 Å². The molecule has 1 heterocycles. The van der Waals surface area contributed by atoms with E-state index in [4.69, 9.17) is 4.42 Å². The highest BCUT2D eigenvalue weighted by Gasteiger charge is 2.18. The Balaban J connectivity index is 2.64. The molecule has 1 aromatic carbocycles. The van der Waals surface area contributed by atoms with Crippen LogP contribution < -0.4 is 0 Å². The predicted octanol–water partition coefficient (Wildman–Crippen LogP) is 1.83. The molecular formula is C10H7NO6. The number of esters is 1. The summed E-state index contributed by atoms with van der Waals surface area (Å²) in [6, 6.07) is 3.42. The van der Waals surface area contributed by atoms with E-state index in [1.807, 2.05) is 0 Å². The lowest BCUT2D eigenvalue weighted by atomic mass is 10.2. The Labute approximate surface area is 94.4 Å². The molecule has 0 unspecified atom stereocenters. The first-order valence-electron chi connectivity index (χ1n) is 4.52. The summed E-state index contributed by atoms with van der Waals surface area (Å²) in [4.78, 5) is 21.1. The first-order valence-corrected chi connectivity index (χ1v) is 4.52. The number of nitro groups is 1. The SMILES string of the molecule is COC(=O)c1cc2cc([N+](=O)[O-])cc(O)c2o1. The van der Waals surface area contributed by atoms with Crippen LogP contribution in [-0.2, 0) is 4.74 Å². The van der Waals surface area contributed by atoms with Crippen LogP contribution in [-0.4, -0.2) is 23.1 Å². The normalized spacial score (nSPS) is 10.4. The summed E-state index contributed by atoms with van der Waals surface area (Å²) in [5, 5.41) is 20.3. The van der Waals surface area contributed by atoms with Gasteiger partial charge in [0.1, 0.15) is 0 Å². The van der Waals surface area contributed by atoms with Gasteiger partial charge in [0.2, 0.25) is 5.76 Å². The molecule has 1 aromatic heterocycles. The minimum absolute atomic E-state index is 0.0102. The fourth-order valence-corrected chi connectivity index (χ4v) is 1.43. The van der Waals surface area contributed by atoms with Gasteiger partial charge in [0.25, 0.3) is 5.69 Å². The van der Waals surface area contributed by atoms with Gasteiger partial charge in [0, 0.05) is 11.5 Å². The lowest BCUT2D eigenvalue weighted by molar-refractivity contribution is -0.384. The van der Waals surface area contributed by atoms with Crippen molar-refractivity contribution in [2.24, 2.45) is 0 Å². The van der Waals surface area contributed by atoms with Crippen LogP contribution in [0.25, 0.3) is 11.0 Å². The number of hydrogen-bond donors (Lipinski definition) is 1. The zero-order valence-corrected chi connectivity index (χ0v) is 8.67. The smallest absolute Gasteiger partial charge is 0.373 e. The first kappa shape index (κ1) is 10.9. The van der Waals surface area contributed by atoms with E-state index in [1.54, 1.807) is 0 Å². The summed E-state index contributed by atoms with van der Waals surface area (Å²) < 4.78 is 9.47. The number of carbonyl (C=O) groups excluding carboxylic acids is 1. The second-order valence-electron chi connectivity index (χ2n) is 3.24. The minimum Gasteiger partial charge on any atom is -0.504 e. The van der Waals surface area contributed by atoms with Crippen molar-refractivity contribution in [2.75, 3.05) is 7.11 Å². The molecule has 0 saturated carbocycles. The van der Waals surface area contributed by atoms with Gasteiger partial charge >= 0.3 is 5.97 Å². The second kappa shape index (κ2) is 3.78. The summed E-state index contributed by atoms with van der Waals surface area (Å²) in [7, 11) is 1.18. The van der Waals surface area contributed by atoms with Gasteiger partial charge in [-0.15, -0.1) is 0 Å². The maximum absolute atomic E-state index is 11.2. The highest BCUT2D eigenvalue weighted by atomic mass is 16.6. The number of hydrogen-bond acceptors (Lipinski definition) is 6. The van der Waals surface area contributed by atoms with Crippen LogP contribution in [0.5, 0.6) is 5.75 Å². The largest absolute Gasteiger partial charge is 0.504 e. The van der Waals surface area contributed by atoms with Gasteiger partial charge in [-0.25, -0.2) is 4.79 Å². The van der Waals surface area contributed by atoms with E-state index in [0.29, 0.717) is 0 Å². The van der Waals surface area contributed by atoms with Crippen LogP contribution in [0.15, 0.2) is 22.6 Å². The third kappa shape index (κ3) is 1.78. The van der Waals surface area contributed by atoms with Gasteiger partial charge in [-0.1, -0.05) is 0 Å². The molecule has 0 spiro atoms. The highest BCUT2D eigenvalue weighted by Crippen LogP contribution is 2.32. The van der Waals surface area contributed by atoms with E-state index in [0.717, 1.165) is 6.07 Å². The van der Waals surface area contributed by atoms with E-state index in [-0.39, 0.29) is 22.4 Å². The number of benzene rings is 1. The Bertz CT molecular complexity index is 615. The maximum Gasteiger partial charge on any atom is 0.373 e. The molecule has 88 valence electrons. The van der Waals surface area contributed by atoms with Crippen LogP contribution in [0.2, 0.25) is 0 Å². The number of phenols is 1. The quantitative estimate of drug-likeness (QED) is 0.485. The third-order valence-electron chi connectivity index (χ3n) is 2.18. The molecule has 7 heteroatoms. The number of phenolic OH excluding ortho intramolecular Hbond substituents is 1. The number of nitro benzene ring substituents is 1. The summed E-state index contributed by atoms with van der Waals surface area (Å²) in [5.41, 5.74) is -0.275. The number of ether oxygens (including phenoxy) is 1. The number of nitrogens with zero attached hydrogens (tertiary/aromatic N) is 1. The Morgan fingerprint density at radius 1 is 1.47 bits per heavy atom. The highest BCUT2D eigenvalue weighted by molar-refractivity contribution is 5.95. The van der Waals surface area contributed by atoms with E-state index in [2.05, 4.69) is 4.74 Å². The first-order chi connectivity index (χ1) is 8.02. The second-order valence-corrected chi connectivity index (χ2v) is 3.24. The molecule has 2 aromatic rings. The molecule has 1 N–H and O–H groups in total. The van der Waals surface area contributed by atoms with Gasteiger partial charge in [0.05, 0.1) is 18.1 Å². The van der Waals surface area contributed by atoms with Crippen LogP contribution in [0, 0.1) is 10.1 Å². The van der Waals surface area contributed by atoms with Crippen molar-refractivity contribution >= 4 is 22.6 Å². The van der Waals surface area contributed by atoms with Crippen molar-refractivity contribution in [1.29, 1.82) is 0 Å². The topological polar surface area (TPSA) is 103 Å². The minimum atomic E-state index is -0.719. The molecule has 0 saturated heterocycles. The van der Waals surface area contributed by atoms with Crippen molar-refractivity contribution < 1.29 is 24.0 Å².